The fourth-order valence-electron chi connectivity index (χ4n) is 4.50. The molecule has 1 aliphatic heterocycles. The molecule has 3 N–H and O–H groups in total. The number of benzene rings is 2. The molecule has 0 radical (unpaired) electrons. The zero-order valence-electron chi connectivity index (χ0n) is 22.7. The fourth-order valence-corrected chi connectivity index (χ4v) is 6.12. The van der Waals surface area contributed by atoms with Gasteiger partial charge in [0.15, 0.2) is 10.6 Å². The zero-order valence-corrected chi connectivity index (χ0v) is 24.3. The molecule has 0 bridgehead atoms. The molecule has 3 heterocycles. The van der Waals surface area contributed by atoms with E-state index in [1.807, 2.05) is 12.1 Å². The van der Waals surface area contributed by atoms with Gasteiger partial charge >= 0.3 is 5.69 Å². The van der Waals surface area contributed by atoms with Gasteiger partial charge in [-0.2, -0.15) is 4.31 Å². The summed E-state index contributed by atoms with van der Waals surface area (Å²) in [6.07, 6.45) is 3.56. The first-order valence-electron chi connectivity index (χ1n) is 13.2. The van der Waals surface area contributed by atoms with Gasteiger partial charge in [0.1, 0.15) is 0 Å². The third-order valence-electron chi connectivity index (χ3n) is 6.76. The third kappa shape index (κ3) is 7.02. The summed E-state index contributed by atoms with van der Waals surface area (Å²) in [5.41, 5.74) is 2.05. The summed E-state index contributed by atoms with van der Waals surface area (Å²) < 4.78 is 32.5. The zero-order chi connectivity index (χ0) is 30.4. The number of nitro benzene ring substituents is 1. The van der Waals surface area contributed by atoms with Crippen molar-refractivity contribution in [3.05, 3.63) is 76.6 Å². The molecule has 5 rings (SSSR count). The maximum Gasteiger partial charge on any atom is 0.300 e. The lowest BCUT2D eigenvalue weighted by Gasteiger charge is -2.34. The summed E-state index contributed by atoms with van der Waals surface area (Å²) in [5, 5.41) is 28.0. The van der Waals surface area contributed by atoms with Gasteiger partial charge in [-0.25, -0.2) is 13.0 Å². The summed E-state index contributed by atoms with van der Waals surface area (Å²) in [7, 11) is -3.75. The largest absolute Gasteiger partial charge is 0.383 e. The average Bonchev–Trinajstić information content (AvgIpc) is 3.51. The number of rotatable bonds is 10. The number of nitro groups is 1. The van der Waals surface area contributed by atoms with Gasteiger partial charge in [0.2, 0.25) is 21.4 Å². The second-order valence-electron chi connectivity index (χ2n) is 9.51. The first-order valence-corrected chi connectivity index (χ1v) is 15.0. The Balaban J connectivity index is 1.08. The minimum absolute atomic E-state index is 0.0156. The molecule has 0 unspecified atom stereocenters. The van der Waals surface area contributed by atoms with Crippen LogP contribution in [0, 0.1) is 10.1 Å². The number of piperazine rings is 1. The molecule has 17 heteroatoms. The molecule has 15 nitrogen and oxygen atoms in total. The lowest BCUT2D eigenvalue weighted by molar-refractivity contribution is -0.383. The van der Waals surface area contributed by atoms with Crippen molar-refractivity contribution >= 4 is 61.4 Å². The van der Waals surface area contributed by atoms with E-state index in [0.29, 0.717) is 23.0 Å². The number of pyridine rings is 1. The predicted octanol–water partition coefficient (Wildman–Crippen LogP) is 2.35. The Kier molecular flexibility index (Phi) is 9.03. The van der Waals surface area contributed by atoms with Gasteiger partial charge in [0.05, 0.1) is 15.5 Å². The molecule has 2 aromatic carbocycles. The molecular weight excluding hydrogens is 598 g/mol. The Hall–Kier alpha value is -4.74. The molecule has 1 aliphatic rings. The van der Waals surface area contributed by atoms with Crippen molar-refractivity contribution < 1.29 is 22.8 Å². The van der Waals surface area contributed by atoms with Crippen LogP contribution in [0.3, 0.4) is 0 Å². The predicted molar refractivity (Wildman–Crippen MR) is 161 cm³/mol. The molecule has 0 aliphatic carbocycles. The lowest BCUT2D eigenvalue weighted by Crippen LogP contribution is -2.50. The van der Waals surface area contributed by atoms with E-state index < -0.39 is 14.9 Å². The number of hydrogen-bond donors (Lipinski definition) is 3. The quantitative estimate of drug-likeness (QED) is 0.132. The number of nitrogens with zero attached hydrogens (tertiary/aromatic N) is 6. The number of anilines is 2. The number of carbonyl (C=O) groups is 1. The standard InChI is InChI=1S/C26H27N9O6S2/c36-23(9-11-28-21-7-8-22(35(37)38)25-24(21)31-41-32-25)33-12-14-34(15-13-33)43(39,40)20-5-3-19(4-6-20)30-26(42)29-17-18-2-1-10-27-16-18/h1-8,10,16,28H,9,11-15,17H2,(H2,29,30,42). The minimum atomic E-state index is -3.75. The molecule has 1 amide bonds. The topological polar surface area (TPSA) is 189 Å². The highest BCUT2D eigenvalue weighted by molar-refractivity contribution is 7.89. The maximum absolute atomic E-state index is 13.2. The van der Waals surface area contributed by atoms with Crippen LogP contribution in [-0.2, 0) is 21.4 Å². The SMILES string of the molecule is O=C(CCNc1ccc([N+](=O)[O-])c2nonc12)N1CCN(S(=O)(=O)c2ccc(NC(=S)NCc3cccnc3)cc2)CC1. The molecule has 0 atom stereocenters. The summed E-state index contributed by atoms with van der Waals surface area (Å²) in [4.78, 5) is 29.2. The molecule has 1 fully saturated rings. The molecule has 4 aromatic rings. The Morgan fingerprint density at radius 1 is 1.05 bits per heavy atom. The van der Waals surface area contributed by atoms with Crippen LogP contribution in [0.4, 0.5) is 17.1 Å². The normalized spacial score (nSPS) is 13.9. The Bertz CT molecular complexity index is 1730. The molecule has 1 saturated heterocycles. The van der Waals surface area contributed by atoms with Gasteiger partial charge in [-0.05, 0) is 64.5 Å². The Morgan fingerprint density at radius 2 is 1.79 bits per heavy atom. The van der Waals surface area contributed by atoms with E-state index >= 15 is 0 Å². The first-order chi connectivity index (χ1) is 20.7. The summed E-state index contributed by atoms with van der Waals surface area (Å²) in [6, 6.07) is 12.9. The Labute approximate surface area is 251 Å². The van der Waals surface area contributed by atoms with Crippen LogP contribution in [0.2, 0.25) is 0 Å². The van der Waals surface area contributed by atoms with Crippen LogP contribution in [0.1, 0.15) is 12.0 Å². The van der Waals surface area contributed by atoms with Crippen molar-refractivity contribution in [1.82, 2.24) is 29.8 Å². The van der Waals surface area contributed by atoms with Crippen molar-refractivity contribution in [3.8, 4) is 0 Å². The van der Waals surface area contributed by atoms with Crippen LogP contribution < -0.4 is 16.0 Å². The highest BCUT2D eigenvalue weighted by Crippen LogP contribution is 2.28. The number of aromatic nitrogens is 3. The molecule has 0 spiro atoms. The highest BCUT2D eigenvalue weighted by atomic mass is 32.2. The smallest absolute Gasteiger partial charge is 0.300 e. The van der Waals surface area contributed by atoms with E-state index in [0.717, 1.165) is 5.56 Å². The van der Waals surface area contributed by atoms with Crippen molar-refractivity contribution in [3.63, 3.8) is 0 Å². The van der Waals surface area contributed by atoms with Crippen LogP contribution in [-0.4, -0.2) is 81.6 Å². The van der Waals surface area contributed by atoms with Crippen molar-refractivity contribution in [2.24, 2.45) is 0 Å². The fraction of sp³-hybridized carbons (Fsp3) is 0.269. The number of amides is 1. The number of non-ortho nitro benzene ring substituents is 1. The van der Waals surface area contributed by atoms with Gasteiger partial charge in [-0.15, -0.1) is 0 Å². The molecule has 224 valence electrons. The van der Waals surface area contributed by atoms with Crippen LogP contribution in [0.25, 0.3) is 11.0 Å². The lowest BCUT2D eigenvalue weighted by atomic mass is 10.2. The van der Waals surface area contributed by atoms with E-state index in [1.165, 1.54) is 28.6 Å². The van der Waals surface area contributed by atoms with Gasteiger partial charge < -0.3 is 20.9 Å². The summed E-state index contributed by atoms with van der Waals surface area (Å²) in [6.45, 7) is 1.57. The third-order valence-corrected chi connectivity index (χ3v) is 8.92. The van der Waals surface area contributed by atoms with E-state index in [2.05, 4.69) is 35.9 Å². The molecular formula is C26H27N9O6S2. The van der Waals surface area contributed by atoms with Crippen LogP contribution in [0.5, 0.6) is 0 Å². The van der Waals surface area contributed by atoms with Gasteiger partial charge in [0.25, 0.3) is 0 Å². The van der Waals surface area contributed by atoms with E-state index in [1.54, 1.807) is 29.4 Å². The van der Waals surface area contributed by atoms with Crippen molar-refractivity contribution in [2.45, 2.75) is 17.9 Å². The maximum atomic E-state index is 13.2. The van der Waals surface area contributed by atoms with Crippen LogP contribution >= 0.6 is 12.2 Å². The van der Waals surface area contributed by atoms with E-state index in [-0.39, 0.29) is 66.7 Å². The molecule has 0 saturated carbocycles. The van der Waals surface area contributed by atoms with Gasteiger partial charge in [-0.3, -0.25) is 19.9 Å². The van der Waals surface area contributed by atoms with Crippen LogP contribution in [0.15, 0.2) is 70.4 Å². The second kappa shape index (κ2) is 13.1. The number of thiocarbonyl (C=S) groups is 1. The summed E-state index contributed by atoms with van der Waals surface area (Å²) in [5.74, 6) is -0.149. The van der Waals surface area contributed by atoms with Crippen molar-refractivity contribution in [1.29, 1.82) is 0 Å². The van der Waals surface area contributed by atoms with E-state index in [4.69, 9.17) is 12.2 Å². The number of nitrogens with one attached hydrogen (secondary N) is 3. The second-order valence-corrected chi connectivity index (χ2v) is 11.9. The van der Waals surface area contributed by atoms with Gasteiger partial charge in [-0.1, -0.05) is 6.07 Å². The number of sulfonamides is 1. The highest BCUT2D eigenvalue weighted by Gasteiger charge is 2.30. The van der Waals surface area contributed by atoms with Gasteiger partial charge in [0, 0.05) is 69.8 Å². The first kappa shape index (κ1) is 29.7. The monoisotopic (exact) mass is 625 g/mol. The number of carbonyl (C=O) groups excluding carboxylic acids is 1. The molecule has 43 heavy (non-hydrogen) atoms. The Morgan fingerprint density at radius 3 is 2.49 bits per heavy atom. The van der Waals surface area contributed by atoms with Crippen molar-refractivity contribution in [2.75, 3.05) is 43.4 Å². The average molecular weight is 626 g/mol. The van der Waals surface area contributed by atoms with E-state index in [9.17, 15) is 23.3 Å². The number of fused-ring (bicyclic) bond motifs is 1. The number of hydrogen-bond acceptors (Lipinski definition) is 11. The minimum Gasteiger partial charge on any atom is -0.383 e. The summed E-state index contributed by atoms with van der Waals surface area (Å²) >= 11 is 5.32. The molecule has 2 aromatic heterocycles.